The van der Waals surface area contributed by atoms with E-state index in [0.717, 1.165) is 0 Å². The summed E-state index contributed by atoms with van der Waals surface area (Å²) in [5.41, 5.74) is 1.55. The number of hydrogen-bond acceptors (Lipinski definition) is 2. The van der Waals surface area contributed by atoms with Gasteiger partial charge in [0.15, 0.2) is 0 Å². The Morgan fingerprint density at radius 2 is 1.90 bits per heavy atom. The summed E-state index contributed by atoms with van der Waals surface area (Å²) in [6.45, 7) is 7.79. The molecule has 0 spiro atoms. The molecule has 1 rings (SSSR count). The Labute approximate surface area is 126 Å². The van der Waals surface area contributed by atoms with Crippen molar-refractivity contribution in [3.63, 3.8) is 0 Å². The maximum absolute atomic E-state index is 11.9. The molecule has 4 nitrogen and oxygen atoms in total. The Morgan fingerprint density at radius 3 is 2.48 bits per heavy atom. The largest absolute Gasteiger partial charge is 0.481 e. The molecule has 0 saturated heterocycles. The first-order valence-electron chi connectivity index (χ1n) is 7.29. The monoisotopic (exact) mass is 291 g/mol. The average Bonchev–Trinajstić information content (AvgIpc) is 2.38. The van der Waals surface area contributed by atoms with E-state index in [0.29, 0.717) is 19.4 Å². The Bertz CT molecular complexity index is 509. The van der Waals surface area contributed by atoms with Gasteiger partial charge in [-0.2, -0.15) is 0 Å². The molecular formula is C17H25NO3. The number of aliphatic carboxylic acids is 1. The van der Waals surface area contributed by atoms with Crippen LogP contribution in [0.15, 0.2) is 24.3 Å². The Kier molecular flexibility index (Phi) is 5.94. The predicted molar refractivity (Wildman–Crippen MR) is 83.3 cm³/mol. The summed E-state index contributed by atoms with van der Waals surface area (Å²) in [5, 5.41) is 11.8. The van der Waals surface area contributed by atoms with Crippen LogP contribution in [0.4, 0.5) is 0 Å². The molecule has 2 N–H and O–H groups in total. The molecule has 0 fully saturated rings. The minimum atomic E-state index is -0.843. The van der Waals surface area contributed by atoms with Gasteiger partial charge >= 0.3 is 5.97 Å². The SMILES string of the molecule is Cc1ccccc1C(C)CC(=O)NCCC(C)(C)C(=O)O. The molecule has 1 unspecified atom stereocenters. The summed E-state index contributed by atoms with van der Waals surface area (Å²) < 4.78 is 0. The highest BCUT2D eigenvalue weighted by atomic mass is 16.4. The quantitative estimate of drug-likeness (QED) is 0.811. The summed E-state index contributed by atoms with van der Waals surface area (Å²) in [4.78, 5) is 22.9. The van der Waals surface area contributed by atoms with Gasteiger partial charge in [0.2, 0.25) is 5.91 Å². The second-order valence-electron chi connectivity index (χ2n) is 6.25. The molecule has 21 heavy (non-hydrogen) atoms. The van der Waals surface area contributed by atoms with Crippen molar-refractivity contribution in [1.82, 2.24) is 5.32 Å². The fraction of sp³-hybridized carbons (Fsp3) is 0.529. The van der Waals surface area contributed by atoms with Gasteiger partial charge in [-0.15, -0.1) is 0 Å². The first kappa shape index (κ1) is 17.2. The zero-order chi connectivity index (χ0) is 16.0. The van der Waals surface area contributed by atoms with Crippen LogP contribution in [-0.4, -0.2) is 23.5 Å². The minimum Gasteiger partial charge on any atom is -0.481 e. The smallest absolute Gasteiger partial charge is 0.309 e. The molecule has 0 aromatic heterocycles. The molecule has 0 aliphatic carbocycles. The molecule has 0 aliphatic heterocycles. The normalized spacial score (nSPS) is 12.8. The molecule has 1 atom stereocenters. The number of nitrogens with one attached hydrogen (secondary N) is 1. The lowest BCUT2D eigenvalue weighted by atomic mass is 9.89. The van der Waals surface area contributed by atoms with Crippen LogP contribution in [0.1, 0.15) is 50.7 Å². The van der Waals surface area contributed by atoms with Crippen molar-refractivity contribution < 1.29 is 14.7 Å². The van der Waals surface area contributed by atoms with Crippen LogP contribution < -0.4 is 5.32 Å². The number of benzene rings is 1. The summed E-state index contributed by atoms with van der Waals surface area (Å²) in [5.74, 6) is -0.726. The van der Waals surface area contributed by atoms with Crippen LogP contribution in [0, 0.1) is 12.3 Å². The van der Waals surface area contributed by atoms with Crippen LogP contribution in [-0.2, 0) is 9.59 Å². The van der Waals surface area contributed by atoms with Crippen molar-refractivity contribution in [2.24, 2.45) is 5.41 Å². The average molecular weight is 291 g/mol. The first-order valence-corrected chi connectivity index (χ1v) is 7.29. The molecular weight excluding hydrogens is 266 g/mol. The molecule has 1 amide bonds. The topological polar surface area (TPSA) is 66.4 Å². The van der Waals surface area contributed by atoms with Crippen molar-refractivity contribution in [2.75, 3.05) is 6.54 Å². The maximum Gasteiger partial charge on any atom is 0.309 e. The summed E-state index contributed by atoms with van der Waals surface area (Å²) in [6, 6.07) is 8.05. The van der Waals surface area contributed by atoms with E-state index in [1.54, 1.807) is 13.8 Å². The molecule has 1 aromatic carbocycles. The van der Waals surface area contributed by atoms with E-state index in [4.69, 9.17) is 5.11 Å². The number of carbonyl (C=O) groups is 2. The van der Waals surface area contributed by atoms with Gasteiger partial charge in [-0.3, -0.25) is 9.59 Å². The molecule has 0 bridgehead atoms. The van der Waals surface area contributed by atoms with Crippen molar-refractivity contribution >= 4 is 11.9 Å². The van der Waals surface area contributed by atoms with E-state index in [1.165, 1.54) is 11.1 Å². The molecule has 4 heteroatoms. The van der Waals surface area contributed by atoms with Crippen LogP contribution in [0.25, 0.3) is 0 Å². The number of carboxylic acids is 1. The second-order valence-corrected chi connectivity index (χ2v) is 6.25. The molecule has 0 aliphatic rings. The fourth-order valence-corrected chi connectivity index (χ4v) is 2.22. The van der Waals surface area contributed by atoms with Gasteiger partial charge < -0.3 is 10.4 Å². The van der Waals surface area contributed by atoms with Crippen molar-refractivity contribution in [1.29, 1.82) is 0 Å². The number of carboxylic acid groups (broad SMARTS) is 1. The van der Waals surface area contributed by atoms with E-state index in [9.17, 15) is 9.59 Å². The maximum atomic E-state index is 11.9. The molecule has 116 valence electrons. The van der Waals surface area contributed by atoms with E-state index in [1.807, 2.05) is 38.1 Å². The number of aryl methyl sites for hydroxylation is 1. The van der Waals surface area contributed by atoms with Crippen LogP contribution in [0.5, 0.6) is 0 Å². The van der Waals surface area contributed by atoms with Gasteiger partial charge in [-0.25, -0.2) is 0 Å². The van der Waals surface area contributed by atoms with Gasteiger partial charge in [0, 0.05) is 13.0 Å². The highest BCUT2D eigenvalue weighted by Crippen LogP contribution is 2.22. The van der Waals surface area contributed by atoms with Crippen molar-refractivity contribution in [3.8, 4) is 0 Å². The molecule has 0 radical (unpaired) electrons. The number of carbonyl (C=O) groups excluding carboxylic acids is 1. The predicted octanol–water partition coefficient (Wildman–Crippen LogP) is 3.11. The van der Waals surface area contributed by atoms with Crippen LogP contribution >= 0.6 is 0 Å². The van der Waals surface area contributed by atoms with E-state index >= 15 is 0 Å². The molecule has 0 saturated carbocycles. The number of hydrogen-bond donors (Lipinski definition) is 2. The second kappa shape index (κ2) is 7.25. The Morgan fingerprint density at radius 1 is 1.29 bits per heavy atom. The van der Waals surface area contributed by atoms with Crippen LogP contribution in [0.2, 0.25) is 0 Å². The van der Waals surface area contributed by atoms with Crippen molar-refractivity contribution in [2.45, 2.75) is 46.5 Å². The molecule has 0 heterocycles. The third kappa shape index (κ3) is 5.21. The van der Waals surface area contributed by atoms with Crippen molar-refractivity contribution in [3.05, 3.63) is 35.4 Å². The lowest BCUT2D eigenvalue weighted by Crippen LogP contribution is -2.32. The van der Waals surface area contributed by atoms with Gasteiger partial charge in [0.05, 0.1) is 5.41 Å². The number of amides is 1. The Balaban J connectivity index is 2.44. The Hall–Kier alpha value is -1.84. The van der Waals surface area contributed by atoms with E-state index in [-0.39, 0.29) is 11.8 Å². The standard InChI is InChI=1S/C17H25NO3/c1-12-7-5-6-8-14(12)13(2)11-15(19)18-10-9-17(3,4)16(20)21/h5-8,13H,9-11H2,1-4H3,(H,18,19)(H,20,21). The van der Waals surface area contributed by atoms with Crippen LogP contribution in [0.3, 0.4) is 0 Å². The van der Waals surface area contributed by atoms with E-state index < -0.39 is 11.4 Å². The summed E-state index contributed by atoms with van der Waals surface area (Å²) >= 11 is 0. The lowest BCUT2D eigenvalue weighted by Gasteiger charge is -2.19. The van der Waals surface area contributed by atoms with Gasteiger partial charge in [0.1, 0.15) is 0 Å². The van der Waals surface area contributed by atoms with Gasteiger partial charge in [-0.1, -0.05) is 31.2 Å². The third-order valence-corrected chi connectivity index (χ3v) is 3.86. The lowest BCUT2D eigenvalue weighted by molar-refractivity contribution is -0.147. The minimum absolute atomic E-state index is 0.0352. The highest BCUT2D eigenvalue weighted by molar-refractivity contribution is 5.77. The third-order valence-electron chi connectivity index (χ3n) is 3.86. The molecule has 1 aromatic rings. The summed E-state index contributed by atoms with van der Waals surface area (Å²) in [6.07, 6.45) is 0.838. The highest BCUT2D eigenvalue weighted by Gasteiger charge is 2.26. The zero-order valence-electron chi connectivity index (χ0n) is 13.3. The van der Waals surface area contributed by atoms with E-state index in [2.05, 4.69) is 5.32 Å². The van der Waals surface area contributed by atoms with Gasteiger partial charge in [-0.05, 0) is 44.2 Å². The number of rotatable bonds is 7. The fourth-order valence-electron chi connectivity index (χ4n) is 2.22. The first-order chi connectivity index (χ1) is 9.74. The summed E-state index contributed by atoms with van der Waals surface area (Å²) in [7, 11) is 0. The van der Waals surface area contributed by atoms with Gasteiger partial charge in [0.25, 0.3) is 0 Å². The zero-order valence-corrected chi connectivity index (χ0v) is 13.3.